The Kier molecular flexibility index (Phi) is 2.23. The molecule has 2 aromatic heterocycles. The molecule has 1 N–H and O–H groups in total. The third kappa shape index (κ3) is 1.67. The van der Waals surface area contributed by atoms with Crippen LogP contribution in [0.15, 0.2) is 24.7 Å². The van der Waals surface area contributed by atoms with Crippen LogP contribution in [-0.2, 0) is 6.42 Å². The Morgan fingerprint density at radius 2 is 2.46 bits per heavy atom. The summed E-state index contributed by atoms with van der Waals surface area (Å²) in [4.78, 5) is 4.12. The molecule has 0 fully saturated rings. The Bertz CT molecular complexity index is 393. The molecule has 0 aliphatic carbocycles. The maximum atomic E-state index is 4.12. The number of nitrogens with zero attached hydrogens (tertiary/aromatic N) is 3. The maximum absolute atomic E-state index is 4.12. The molecule has 4 nitrogen and oxygen atoms in total. The molecule has 0 saturated carbocycles. The number of aromatic nitrogens is 3. The van der Waals surface area contributed by atoms with Crippen molar-refractivity contribution in [2.45, 2.75) is 6.42 Å². The van der Waals surface area contributed by atoms with Crippen molar-refractivity contribution in [3.05, 3.63) is 30.2 Å². The van der Waals surface area contributed by atoms with Crippen LogP contribution in [0.3, 0.4) is 0 Å². The summed E-state index contributed by atoms with van der Waals surface area (Å²) in [6.45, 7) is 0.990. The molecule has 0 bridgehead atoms. The van der Waals surface area contributed by atoms with E-state index < -0.39 is 0 Å². The van der Waals surface area contributed by atoms with E-state index in [0.717, 1.165) is 18.6 Å². The summed E-state index contributed by atoms with van der Waals surface area (Å²) in [6, 6.07) is 4.13. The fraction of sp³-hybridized carbons (Fsp3) is 0.333. The number of nitrogens with one attached hydrogen (secondary N) is 1. The Balaban J connectivity index is 2.26. The van der Waals surface area contributed by atoms with Gasteiger partial charge < -0.3 is 5.32 Å². The molecular weight excluding hydrogens is 164 g/mol. The van der Waals surface area contributed by atoms with Crippen LogP contribution < -0.4 is 5.32 Å². The van der Waals surface area contributed by atoms with Crippen molar-refractivity contribution >= 4 is 5.65 Å². The molecule has 0 unspecified atom stereocenters. The van der Waals surface area contributed by atoms with E-state index in [4.69, 9.17) is 0 Å². The van der Waals surface area contributed by atoms with Crippen LogP contribution in [0.1, 0.15) is 5.56 Å². The minimum Gasteiger partial charge on any atom is -0.319 e. The van der Waals surface area contributed by atoms with Crippen molar-refractivity contribution in [2.75, 3.05) is 13.6 Å². The first kappa shape index (κ1) is 8.19. The van der Waals surface area contributed by atoms with Crippen LogP contribution in [0.2, 0.25) is 0 Å². The normalized spacial score (nSPS) is 10.8. The molecule has 2 aromatic rings. The van der Waals surface area contributed by atoms with Crippen molar-refractivity contribution in [3.8, 4) is 0 Å². The third-order valence-corrected chi connectivity index (χ3v) is 2.01. The zero-order valence-corrected chi connectivity index (χ0v) is 7.57. The van der Waals surface area contributed by atoms with Crippen molar-refractivity contribution in [1.29, 1.82) is 0 Å². The summed E-state index contributed by atoms with van der Waals surface area (Å²) in [5.41, 5.74) is 2.20. The van der Waals surface area contributed by atoms with Gasteiger partial charge in [-0.2, -0.15) is 5.10 Å². The smallest absolute Gasteiger partial charge is 0.155 e. The van der Waals surface area contributed by atoms with E-state index in [1.807, 2.05) is 13.2 Å². The van der Waals surface area contributed by atoms with Gasteiger partial charge in [0, 0.05) is 6.20 Å². The van der Waals surface area contributed by atoms with Gasteiger partial charge in [0.15, 0.2) is 5.65 Å². The highest BCUT2D eigenvalue weighted by Gasteiger charge is 1.96. The second-order valence-electron chi connectivity index (χ2n) is 2.95. The third-order valence-electron chi connectivity index (χ3n) is 2.01. The highest BCUT2D eigenvalue weighted by molar-refractivity contribution is 5.39. The summed E-state index contributed by atoms with van der Waals surface area (Å²) in [5.74, 6) is 0. The second-order valence-corrected chi connectivity index (χ2v) is 2.95. The molecular formula is C9H12N4. The Morgan fingerprint density at radius 3 is 3.31 bits per heavy atom. The first-order valence-corrected chi connectivity index (χ1v) is 4.33. The number of hydrogen-bond donors (Lipinski definition) is 1. The average Bonchev–Trinajstić information content (AvgIpc) is 2.61. The summed E-state index contributed by atoms with van der Waals surface area (Å²) < 4.78 is 1.77. The highest BCUT2D eigenvalue weighted by atomic mass is 15.3. The Labute approximate surface area is 76.6 Å². The first-order chi connectivity index (χ1) is 6.40. The minimum absolute atomic E-state index is 0.911. The van der Waals surface area contributed by atoms with E-state index in [-0.39, 0.29) is 0 Å². The lowest BCUT2D eigenvalue weighted by Gasteiger charge is -2.00. The first-order valence-electron chi connectivity index (χ1n) is 4.33. The molecule has 0 spiro atoms. The van der Waals surface area contributed by atoms with Gasteiger partial charge in [0.1, 0.15) is 6.33 Å². The SMILES string of the molecule is CNCCc1ccn2ncnc2c1. The van der Waals surface area contributed by atoms with Crippen LogP contribution in [0.4, 0.5) is 0 Å². The average molecular weight is 176 g/mol. The predicted octanol–water partition coefficient (Wildman–Crippen LogP) is 0.491. The molecule has 0 aromatic carbocycles. The topological polar surface area (TPSA) is 42.2 Å². The summed E-state index contributed by atoms with van der Waals surface area (Å²) >= 11 is 0. The Hall–Kier alpha value is -1.42. The molecule has 0 aliphatic heterocycles. The van der Waals surface area contributed by atoms with E-state index >= 15 is 0 Å². The molecule has 0 amide bonds. The molecule has 2 heterocycles. The van der Waals surface area contributed by atoms with Gasteiger partial charge in [-0.1, -0.05) is 0 Å². The van der Waals surface area contributed by atoms with Gasteiger partial charge in [-0.15, -0.1) is 0 Å². The molecule has 2 rings (SSSR count). The van der Waals surface area contributed by atoms with Crippen LogP contribution >= 0.6 is 0 Å². The van der Waals surface area contributed by atoms with Crippen molar-refractivity contribution in [3.63, 3.8) is 0 Å². The van der Waals surface area contributed by atoms with Gasteiger partial charge in [-0.25, -0.2) is 9.50 Å². The van der Waals surface area contributed by atoms with E-state index in [0.29, 0.717) is 0 Å². The lowest BCUT2D eigenvalue weighted by atomic mass is 10.2. The molecule has 0 aliphatic rings. The second kappa shape index (κ2) is 3.53. The number of likely N-dealkylation sites (N-methyl/N-ethyl adjacent to an activating group) is 1. The lowest BCUT2D eigenvalue weighted by molar-refractivity contribution is 0.789. The van der Waals surface area contributed by atoms with Crippen LogP contribution in [-0.4, -0.2) is 28.2 Å². The zero-order chi connectivity index (χ0) is 9.10. The fourth-order valence-corrected chi connectivity index (χ4v) is 1.28. The predicted molar refractivity (Wildman–Crippen MR) is 50.6 cm³/mol. The molecule has 0 saturated heterocycles. The van der Waals surface area contributed by atoms with Crippen LogP contribution in [0.5, 0.6) is 0 Å². The minimum atomic E-state index is 0.911. The number of fused-ring (bicyclic) bond motifs is 1. The van der Waals surface area contributed by atoms with E-state index in [9.17, 15) is 0 Å². The molecule has 68 valence electrons. The largest absolute Gasteiger partial charge is 0.319 e. The Morgan fingerprint density at radius 1 is 1.54 bits per heavy atom. The van der Waals surface area contributed by atoms with Gasteiger partial charge in [-0.3, -0.25) is 0 Å². The summed E-state index contributed by atoms with van der Waals surface area (Å²) in [7, 11) is 1.95. The van der Waals surface area contributed by atoms with Gasteiger partial charge in [0.25, 0.3) is 0 Å². The number of rotatable bonds is 3. The molecule has 0 radical (unpaired) electrons. The van der Waals surface area contributed by atoms with Crippen LogP contribution in [0, 0.1) is 0 Å². The van der Waals surface area contributed by atoms with Crippen molar-refractivity contribution in [1.82, 2.24) is 19.9 Å². The number of pyridine rings is 1. The maximum Gasteiger partial charge on any atom is 0.155 e. The van der Waals surface area contributed by atoms with Crippen LogP contribution in [0.25, 0.3) is 5.65 Å². The van der Waals surface area contributed by atoms with Gasteiger partial charge >= 0.3 is 0 Å². The fourth-order valence-electron chi connectivity index (χ4n) is 1.28. The lowest BCUT2D eigenvalue weighted by Crippen LogP contribution is -2.10. The molecule has 0 atom stereocenters. The van der Waals surface area contributed by atoms with E-state index in [1.165, 1.54) is 5.56 Å². The quantitative estimate of drug-likeness (QED) is 0.740. The van der Waals surface area contributed by atoms with E-state index in [1.54, 1.807) is 10.8 Å². The van der Waals surface area contributed by atoms with Gasteiger partial charge in [0.2, 0.25) is 0 Å². The van der Waals surface area contributed by atoms with E-state index in [2.05, 4.69) is 27.5 Å². The highest BCUT2D eigenvalue weighted by Crippen LogP contribution is 2.03. The standard InChI is InChI=1S/C9H12N4/c1-10-4-2-8-3-5-13-9(6-8)11-7-12-13/h3,5-7,10H,2,4H2,1H3. The summed E-state index contributed by atoms with van der Waals surface area (Å²) in [5, 5.41) is 7.15. The van der Waals surface area contributed by atoms with Crippen molar-refractivity contribution in [2.24, 2.45) is 0 Å². The summed E-state index contributed by atoms with van der Waals surface area (Å²) in [6.07, 6.45) is 4.53. The number of hydrogen-bond acceptors (Lipinski definition) is 3. The van der Waals surface area contributed by atoms with Gasteiger partial charge in [-0.05, 0) is 37.7 Å². The van der Waals surface area contributed by atoms with Crippen molar-refractivity contribution < 1.29 is 0 Å². The zero-order valence-electron chi connectivity index (χ0n) is 7.57. The molecule has 4 heteroatoms. The monoisotopic (exact) mass is 176 g/mol. The van der Waals surface area contributed by atoms with Gasteiger partial charge in [0.05, 0.1) is 0 Å². The molecule has 13 heavy (non-hydrogen) atoms.